The molecule has 0 bridgehead atoms. The summed E-state index contributed by atoms with van der Waals surface area (Å²) in [5.74, 6) is 1.53. The van der Waals surface area contributed by atoms with Gasteiger partial charge in [-0.15, -0.1) is 0 Å². The minimum atomic E-state index is -1.05. The maximum atomic E-state index is 11.4. The standard InChI is InChI=1S/C24H33N3O6/c1-32-21-8-4-18(5-9-21)16-20(26-24(30)31)12-15-27(14-3-13-25-23(28)29)17-19-6-10-22(33-2)11-7-19/h4-11,20,25-26H,3,12-17H2,1-2H3,(H,28,29)(H,30,31). The Labute approximate surface area is 194 Å². The number of carbonyl (C=O) groups is 2. The van der Waals surface area contributed by atoms with Gasteiger partial charge in [-0.05, 0) is 54.7 Å². The molecule has 1 atom stereocenters. The number of nitrogens with zero attached hydrogens (tertiary/aromatic N) is 1. The predicted octanol–water partition coefficient (Wildman–Crippen LogP) is 3.43. The Balaban J connectivity index is 2.01. The predicted molar refractivity (Wildman–Crippen MR) is 125 cm³/mol. The van der Waals surface area contributed by atoms with Gasteiger partial charge in [0.2, 0.25) is 0 Å². The van der Waals surface area contributed by atoms with Gasteiger partial charge < -0.3 is 30.3 Å². The van der Waals surface area contributed by atoms with Crippen molar-refractivity contribution in [3.8, 4) is 11.5 Å². The lowest BCUT2D eigenvalue weighted by molar-refractivity contribution is 0.185. The summed E-state index contributed by atoms with van der Waals surface area (Å²) in [6, 6.07) is 15.1. The van der Waals surface area contributed by atoms with Crippen LogP contribution in [0.5, 0.6) is 11.5 Å². The summed E-state index contributed by atoms with van der Waals surface area (Å²) in [5.41, 5.74) is 2.11. The van der Waals surface area contributed by atoms with Crippen molar-refractivity contribution in [3.63, 3.8) is 0 Å². The van der Waals surface area contributed by atoms with Crippen molar-refractivity contribution in [1.82, 2.24) is 15.5 Å². The number of methoxy groups -OCH3 is 2. The van der Waals surface area contributed by atoms with E-state index in [2.05, 4.69) is 15.5 Å². The third-order valence-electron chi connectivity index (χ3n) is 5.26. The summed E-state index contributed by atoms with van der Waals surface area (Å²) in [4.78, 5) is 24.3. The number of rotatable bonds is 14. The first kappa shape index (κ1) is 25.8. The zero-order valence-corrected chi connectivity index (χ0v) is 19.1. The van der Waals surface area contributed by atoms with Crippen molar-refractivity contribution >= 4 is 12.2 Å². The third kappa shape index (κ3) is 10.1. The lowest BCUT2D eigenvalue weighted by Gasteiger charge is -2.25. The summed E-state index contributed by atoms with van der Waals surface area (Å²) in [5, 5.41) is 23.1. The molecule has 2 aromatic carbocycles. The number of nitrogens with one attached hydrogen (secondary N) is 2. The summed E-state index contributed by atoms with van der Waals surface area (Å²) >= 11 is 0. The number of hydrogen-bond donors (Lipinski definition) is 4. The minimum absolute atomic E-state index is 0.258. The number of carboxylic acid groups (broad SMARTS) is 2. The van der Waals surface area contributed by atoms with Gasteiger partial charge in [0.1, 0.15) is 11.5 Å². The second-order valence-corrected chi connectivity index (χ2v) is 7.70. The van der Waals surface area contributed by atoms with Crippen LogP contribution in [0.3, 0.4) is 0 Å². The van der Waals surface area contributed by atoms with Gasteiger partial charge in [-0.25, -0.2) is 9.59 Å². The highest BCUT2D eigenvalue weighted by Gasteiger charge is 2.15. The SMILES string of the molecule is COc1ccc(CC(CCN(CCCNC(=O)O)Cc2ccc(OC)cc2)NC(=O)O)cc1. The molecular weight excluding hydrogens is 426 g/mol. The van der Waals surface area contributed by atoms with Crippen molar-refractivity contribution in [2.24, 2.45) is 0 Å². The van der Waals surface area contributed by atoms with E-state index in [0.29, 0.717) is 45.4 Å². The molecule has 9 nitrogen and oxygen atoms in total. The van der Waals surface area contributed by atoms with Gasteiger partial charge in [-0.2, -0.15) is 0 Å². The molecule has 0 aromatic heterocycles. The maximum Gasteiger partial charge on any atom is 0.404 e. The van der Waals surface area contributed by atoms with E-state index in [0.717, 1.165) is 22.6 Å². The molecule has 2 aromatic rings. The lowest BCUT2D eigenvalue weighted by atomic mass is 10.0. The van der Waals surface area contributed by atoms with Gasteiger partial charge in [0.25, 0.3) is 0 Å². The van der Waals surface area contributed by atoms with Crippen molar-refractivity contribution in [2.75, 3.05) is 33.9 Å². The normalized spacial score (nSPS) is 11.6. The van der Waals surface area contributed by atoms with Crippen LogP contribution in [0.25, 0.3) is 0 Å². The summed E-state index contributed by atoms with van der Waals surface area (Å²) in [7, 11) is 3.22. The Kier molecular flexibility index (Phi) is 10.8. The molecule has 0 radical (unpaired) electrons. The Hall–Kier alpha value is -3.46. The van der Waals surface area contributed by atoms with Crippen molar-refractivity contribution in [2.45, 2.75) is 31.8 Å². The zero-order chi connectivity index (χ0) is 24.1. The third-order valence-corrected chi connectivity index (χ3v) is 5.26. The van der Waals surface area contributed by atoms with Crippen LogP contribution >= 0.6 is 0 Å². The molecular formula is C24H33N3O6. The second kappa shape index (κ2) is 13.8. The lowest BCUT2D eigenvalue weighted by Crippen LogP contribution is -2.39. The van der Waals surface area contributed by atoms with Gasteiger partial charge in [0, 0.05) is 32.2 Å². The highest BCUT2D eigenvalue weighted by Crippen LogP contribution is 2.16. The molecule has 0 spiro atoms. The van der Waals surface area contributed by atoms with Crippen molar-refractivity contribution < 1.29 is 29.3 Å². The zero-order valence-electron chi connectivity index (χ0n) is 19.1. The first-order valence-electron chi connectivity index (χ1n) is 10.8. The van der Waals surface area contributed by atoms with Gasteiger partial charge in [-0.3, -0.25) is 4.90 Å². The van der Waals surface area contributed by atoms with Crippen molar-refractivity contribution in [3.05, 3.63) is 59.7 Å². The highest BCUT2D eigenvalue weighted by molar-refractivity contribution is 5.65. The molecule has 0 heterocycles. The van der Waals surface area contributed by atoms with Gasteiger partial charge in [0.15, 0.2) is 0 Å². The van der Waals surface area contributed by atoms with Gasteiger partial charge >= 0.3 is 12.2 Å². The van der Waals surface area contributed by atoms with Gasteiger partial charge in [0.05, 0.1) is 14.2 Å². The molecule has 0 saturated carbocycles. The van der Waals surface area contributed by atoms with E-state index in [1.54, 1.807) is 14.2 Å². The molecule has 33 heavy (non-hydrogen) atoms. The molecule has 0 aliphatic rings. The smallest absolute Gasteiger partial charge is 0.404 e. The van der Waals surface area contributed by atoms with E-state index >= 15 is 0 Å². The van der Waals surface area contributed by atoms with Crippen LogP contribution in [0.4, 0.5) is 9.59 Å². The van der Waals surface area contributed by atoms with Gasteiger partial charge in [-0.1, -0.05) is 24.3 Å². The fraction of sp³-hybridized carbons (Fsp3) is 0.417. The number of hydrogen-bond acceptors (Lipinski definition) is 5. The monoisotopic (exact) mass is 459 g/mol. The summed E-state index contributed by atoms with van der Waals surface area (Å²) in [6.07, 6.45) is -0.269. The maximum absolute atomic E-state index is 11.4. The molecule has 0 fully saturated rings. The molecule has 180 valence electrons. The molecule has 0 aliphatic heterocycles. The quantitative estimate of drug-likeness (QED) is 0.320. The topological polar surface area (TPSA) is 120 Å². The summed E-state index contributed by atoms with van der Waals surface area (Å²) < 4.78 is 10.4. The van der Waals surface area contributed by atoms with E-state index in [1.807, 2.05) is 48.5 Å². The number of benzene rings is 2. The van der Waals surface area contributed by atoms with E-state index < -0.39 is 12.2 Å². The fourth-order valence-electron chi connectivity index (χ4n) is 3.54. The Morgan fingerprint density at radius 1 is 0.879 bits per heavy atom. The van der Waals surface area contributed by atoms with Crippen LogP contribution in [-0.2, 0) is 13.0 Å². The number of ether oxygens (including phenoxy) is 2. The summed E-state index contributed by atoms with van der Waals surface area (Å²) in [6.45, 7) is 2.35. The van der Waals surface area contributed by atoms with Crippen LogP contribution in [-0.4, -0.2) is 67.2 Å². The van der Waals surface area contributed by atoms with E-state index in [-0.39, 0.29) is 6.04 Å². The molecule has 0 saturated heterocycles. The van der Waals surface area contributed by atoms with Crippen LogP contribution < -0.4 is 20.1 Å². The average molecular weight is 460 g/mol. The highest BCUT2D eigenvalue weighted by atomic mass is 16.5. The average Bonchev–Trinajstić information content (AvgIpc) is 2.80. The molecule has 9 heteroatoms. The van der Waals surface area contributed by atoms with Crippen LogP contribution in [0.2, 0.25) is 0 Å². The van der Waals surface area contributed by atoms with Crippen LogP contribution in [0.15, 0.2) is 48.5 Å². The van der Waals surface area contributed by atoms with Crippen molar-refractivity contribution in [1.29, 1.82) is 0 Å². The fourth-order valence-corrected chi connectivity index (χ4v) is 3.54. The first-order chi connectivity index (χ1) is 15.9. The molecule has 2 rings (SSSR count). The molecule has 1 unspecified atom stereocenters. The van der Waals surface area contributed by atoms with E-state index in [1.165, 1.54) is 0 Å². The molecule has 4 N–H and O–H groups in total. The van der Waals surface area contributed by atoms with Crippen LogP contribution in [0.1, 0.15) is 24.0 Å². The number of amides is 2. The minimum Gasteiger partial charge on any atom is -0.497 e. The second-order valence-electron chi connectivity index (χ2n) is 7.70. The Morgan fingerprint density at radius 2 is 1.45 bits per heavy atom. The van der Waals surface area contributed by atoms with E-state index in [9.17, 15) is 14.7 Å². The Morgan fingerprint density at radius 3 is 1.97 bits per heavy atom. The van der Waals surface area contributed by atoms with Crippen LogP contribution in [0, 0.1) is 0 Å². The largest absolute Gasteiger partial charge is 0.497 e. The first-order valence-corrected chi connectivity index (χ1v) is 10.8. The van der Waals surface area contributed by atoms with E-state index in [4.69, 9.17) is 14.6 Å². The molecule has 0 aliphatic carbocycles. The molecule has 2 amide bonds. The Bertz CT molecular complexity index is 858.